The van der Waals surface area contributed by atoms with E-state index in [-0.39, 0.29) is 0 Å². The molecule has 0 saturated carbocycles. The second-order valence-electron chi connectivity index (χ2n) is 6.95. The normalized spacial score (nSPS) is 15.1. The van der Waals surface area contributed by atoms with Gasteiger partial charge in [0.05, 0.1) is 12.1 Å². The minimum atomic E-state index is -0.568. The second kappa shape index (κ2) is 8.70. The summed E-state index contributed by atoms with van der Waals surface area (Å²) in [5.74, 6) is -0.118. The lowest BCUT2D eigenvalue weighted by Gasteiger charge is -2.36. The molecule has 1 atom stereocenters. The number of hydrogen-bond donors (Lipinski definition) is 2. The predicted molar refractivity (Wildman–Crippen MR) is 111 cm³/mol. The summed E-state index contributed by atoms with van der Waals surface area (Å²) in [6.45, 7) is 3.40. The fraction of sp³-hybridized carbons (Fsp3) is 0.227. The van der Waals surface area contributed by atoms with Gasteiger partial charge in [-0.05, 0) is 23.3 Å². The number of hydrogen-bond acceptors (Lipinski definition) is 6. The number of hydroxylamine groups is 1. The Morgan fingerprint density at radius 2 is 1.66 bits per heavy atom. The molecule has 1 fully saturated rings. The van der Waals surface area contributed by atoms with Crippen LogP contribution in [-0.2, 0) is 4.79 Å². The number of rotatable bonds is 5. The average molecular weight is 389 g/mol. The number of nitrogens with zero attached hydrogens (tertiary/aromatic N) is 4. The molecule has 0 radical (unpaired) electrons. The summed E-state index contributed by atoms with van der Waals surface area (Å²) >= 11 is 0. The van der Waals surface area contributed by atoms with Gasteiger partial charge < -0.3 is 9.80 Å². The Hall–Kier alpha value is -3.45. The highest BCUT2D eigenvalue weighted by atomic mass is 16.5. The third-order valence-corrected chi connectivity index (χ3v) is 5.23. The lowest BCUT2D eigenvalue weighted by Crippen LogP contribution is -2.46. The smallest absolute Gasteiger partial charge is 0.255 e. The first-order valence-corrected chi connectivity index (χ1v) is 9.61. The zero-order valence-electron chi connectivity index (χ0n) is 16.0. The highest BCUT2D eigenvalue weighted by Crippen LogP contribution is 2.29. The van der Waals surface area contributed by atoms with E-state index < -0.39 is 11.8 Å². The highest BCUT2D eigenvalue weighted by molar-refractivity contribution is 5.86. The lowest BCUT2D eigenvalue weighted by atomic mass is 9.90. The van der Waals surface area contributed by atoms with E-state index >= 15 is 0 Å². The maximum absolute atomic E-state index is 12.4. The van der Waals surface area contributed by atoms with Crippen LogP contribution in [0.4, 0.5) is 11.5 Å². The molecule has 7 nitrogen and oxygen atoms in total. The van der Waals surface area contributed by atoms with Crippen LogP contribution in [0.5, 0.6) is 0 Å². The van der Waals surface area contributed by atoms with Crippen molar-refractivity contribution in [2.75, 3.05) is 36.0 Å². The fourth-order valence-corrected chi connectivity index (χ4v) is 3.75. The molecule has 1 aromatic heterocycles. The number of anilines is 2. The summed E-state index contributed by atoms with van der Waals surface area (Å²) in [6, 6.07) is 17.5. The van der Waals surface area contributed by atoms with Gasteiger partial charge in [-0.1, -0.05) is 42.5 Å². The molecule has 1 aliphatic heterocycles. The first kappa shape index (κ1) is 18.9. The van der Waals surface area contributed by atoms with Crippen molar-refractivity contribution < 1.29 is 10.0 Å². The van der Waals surface area contributed by atoms with Crippen LogP contribution in [0.15, 0.2) is 73.2 Å². The molecule has 29 heavy (non-hydrogen) atoms. The predicted octanol–water partition coefficient (Wildman–Crippen LogP) is 2.44. The first-order valence-electron chi connectivity index (χ1n) is 9.61. The maximum atomic E-state index is 12.4. The molecule has 0 spiro atoms. The monoisotopic (exact) mass is 389 g/mol. The third-order valence-electron chi connectivity index (χ3n) is 5.23. The van der Waals surface area contributed by atoms with Crippen molar-refractivity contribution >= 4 is 17.4 Å². The third kappa shape index (κ3) is 4.20. The number of benzene rings is 2. The minimum Gasteiger partial charge on any atom is -0.368 e. The van der Waals surface area contributed by atoms with E-state index in [9.17, 15) is 10.0 Å². The van der Waals surface area contributed by atoms with Crippen molar-refractivity contribution in [1.29, 1.82) is 0 Å². The van der Waals surface area contributed by atoms with E-state index in [1.165, 1.54) is 0 Å². The van der Waals surface area contributed by atoms with Crippen molar-refractivity contribution in [2.24, 2.45) is 0 Å². The van der Waals surface area contributed by atoms with Crippen molar-refractivity contribution in [3.8, 4) is 0 Å². The summed E-state index contributed by atoms with van der Waals surface area (Å²) in [5.41, 5.74) is 4.56. The molecule has 3 aromatic rings. The van der Waals surface area contributed by atoms with E-state index in [1.54, 1.807) is 18.6 Å². The van der Waals surface area contributed by atoms with Gasteiger partial charge in [-0.15, -0.1) is 0 Å². The van der Waals surface area contributed by atoms with Crippen molar-refractivity contribution in [3.63, 3.8) is 0 Å². The van der Waals surface area contributed by atoms with Gasteiger partial charge in [0.25, 0.3) is 5.91 Å². The van der Waals surface area contributed by atoms with E-state index in [0.717, 1.165) is 48.8 Å². The van der Waals surface area contributed by atoms with Crippen molar-refractivity contribution in [3.05, 3.63) is 84.3 Å². The van der Waals surface area contributed by atoms with Gasteiger partial charge in [0, 0.05) is 44.3 Å². The number of nitrogens with one attached hydrogen (secondary N) is 1. The number of aromatic nitrogens is 2. The van der Waals surface area contributed by atoms with Crippen LogP contribution in [-0.4, -0.2) is 47.3 Å². The zero-order chi connectivity index (χ0) is 20.1. The molecule has 1 aliphatic rings. The molecule has 2 aromatic carbocycles. The van der Waals surface area contributed by atoms with Crippen molar-refractivity contribution in [2.45, 2.75) is 5.92 Å². The molecule has 0 bridgehead atoms. The van der Waals surface area contributed by atoms with E-state index in [2.05, 4.69) is 25.8 Å². The standard InChI is InChI=1S/C22H23N5O2/c28-22(25-29)21(17-5-2-1-3-6-17)18-7-4-8-19(15-18)26-11-13-27(14-12-26)20-16-23-9-10-24-20/h1-10,15-16,21,29H,11-14H2,(H,25,28). The number of piperazine rings is 1. The fourth-order valence-electron chi connectivity index (χ4n) is 3.75. The Kier molecular flexibility index (Phi) is 5.67. The quantitative estimate of drug-likeness (QED) is 0.515. The molecule has 2 N–H and O–H groups in total. The molecular formula is C22H23N5O2. The van der Waals surface area contributed by atoms with Gasteiger partial charge in [0.15, 0.2) is 0 Å². The van der Waals surface area contributed by atoms with E-state index in [4.69, 9.17) is 0 Å². The molecule has 7 heteroatoms. The van der Waals surface area contributed by atoms with Crippen LogP contribution in [0.1, 0.15) is 17.0 Å². The van der Waals surface area contributed by atoms with Crippen LogP contribution < -0.4 is 15.3 Å². The molecule has 2 heterocycles. The second-order valence-corrected chi connectivity index (χ2v) is 6.95. The summed E-state index contributed by atoms with van der Waals surface area (Å²) in [6.07, 6.45) is 5.17. The highest BCUT2D eigenvalue weighted by Gasteiger charge is 2.24. The van der Waals surface area contributed by atoms with Crippen LogP contribution in [0.3, 0.4) is 0 Å². The SMILES string of the molecule is O=C(NO)C(c1ccccc1)c1cccc(N2CCN(c3cnccn3)CC2)c1. The van der Waals surface area contributed by atoms with Gasteiger partial charge in [-0.3, -0.25) is 15.0 Å². The molecule has 0 aliphatic carbocycles. The zero-order valence-corrected chi connectivity index (χ0v) is 16.0. The van der Waals surface area contributed by atoms with Gasteiger partial charge >= 0.3 is 0 Å². The van der Waals surface area contributed by atoms with Crippen LogP contribution >= 0.6 is 0 Å². The number of carbonyl (C=O) groups excluding carboxylic acids is 1. The Bertz CT molecular complexity index is 944. The summed E-state index contributed by atoms with van der Waals surface area (Å²) in [7, 11) is 0. The maximum Gasteiger partial charge on any atom is 0.255 e. The summed E-state index contributed by atoms with van der Waals surface area (Å²) in [5, 5.41) is 9.26. The van der Waals surface area contributed by atoms with Crippen LogP contribution in [0.2, 0.25) is 0 Å². The molecule has 1 saturated heterocycles. The minimum absolute atomic E-state index is 0.444. The molecular weight excluding hydrogens is 366 g/mol. The molecule has 4 rings (SSSR count). The lowest BCUT2D eigenvalue weighted by molar-refractivity contribution is -0.129. The van der Waals surface area contributed by atoms with Crippen molar-refractivity contribution in [1.82, 2.24) is 15.4 Å². The molecule has 1 amide bonds. The Morgan fingerprint density at radius 3 is 2.34 bits per heavy atom. The van der Waals surface area contributed by atoms with Crippen LogP contribution in [0, 0.1) is 0 Å². The average Bonchev–Trinajstić information content (AvgIpc) is 2.81. The van der Waals surface area contributed by atoms with Gasteiger partial charge in [-0.2, -0.15) is 0 Å². The summed E-state index contributed by atoms with van der Waals surface area (Å²) in [4.78, 5) is 25.5. The number of amides is 1. The largest absolute Gasteiger partial charge is 0.368 e. The van der Waals surface area contributed by atoms with E-state index in [1.807, 2.05) is 54.0 Å². The number of carbonyl (C=O) groups is 1. The Labute approximate surface area is 169 Å². The topological polar surface area (TPSA) is 81.6 Å². The van der Waals surface area contributed by atoms with E-state index in [0.29, 0.717) is 0 Å². The summed E-state index contributed by atoms with van der Waals surface area (Å²) < 4.78 is 0. The Balaban J connectivity index is 1.53. The van der Waals surface area contributed by atoms with Gasteiger partial charge in [0.2, 0.25) is 0 Å². The van der Waals surface area contributed by atoms with Gasteiger partial charge in [-0.25, -0.2) is 10.5 Å². The van der Waals surface area contributed by atoms with Gasteiger partial charge in [0.1, 0.15) is 5.82 Å². The van der Waals surface area contributed by atoms with Crippen LogP contribution in [0.25, 0.3) is 0 Å². The Morgan fingerprint density at radius 1 is 0.931 bits per heavy atom. The molecule has 148 valence electrons. The molecule has 1 unspecified atom stereocenters. The first-order chi connectivity index (χ1) is 14.3.